The Bertz CT molecular complexity index is 778. The molecular weight excluding hydrogens is 322 g/mol. The molecule has 132 valence electrons. The first-order chi connectivity index (χ1) is 12.1. The maximum Gasteiger partial charge on any atom is 0.259 e. The van der Waals surface area contributed by atoms with Crippen molar-refractivity contribution in [1.82, 2.24) is 20.0 Å². The van der Waals surface area contributed by atoms with E-state index in [9.17, 15) is 4.79 Å². The van der Waals surface area contributed by atoms with E-state index in [1.807, 2.05) is 4.90 Å². The van der Waals surface area contributed by atoms with Crippen LogP contribution in [0.1, 0.15) is 33.1 Å². The van der Waals surface area contributed by atoms with E-state index in [0.29, 0.717) is 30.1 Å². The van der Waals surface area contributed by atoms with Gasteiger partial charge in [-0.15, -0.1) is 0 Å². The van der Waals surface area contributed by atoms with Crippen molar-refractivity contribution in [2.75, 3.05) is 37.7 Å². The zero-order valence-corrected chi connectivity index (χ0v) is 14.5. The van der Waals surface area contributed by atoms with Crippen molar-refractivity contribution in [3.05, 3.63) is 34.6 Å². The van der Waals surface area contributed by atoms with Gasteiger partial charge in [0.1, 0.15) is 23.5 Å². The maximum absolute atomic E-state index is 12.9. The highest BCUT2D eigenvalue weighted by Gasteiger charge is 2.29. The molecule has 0 aromatic carbocycles. The van der Waals surface area contributed by atoms with E-state index in [2.05, 4.69) is 20.0 Å². The van der Waals surface area contributed by atoms with E-state index < -0.39 is 0 Å². The van der Waals surface area contributed by atoms with Crippen LogP contribution >= 0.6 is 0 Å². The van der Waals surface area contributed by atoms with E-state index in [1.165, 1.54) is 0 Å². The molecule has 1 amide bonds. The van der Waals surface area contributed by atoms with Crippen LogP contribution in [0.4, 0.5) is 5.82 Å². The molecule has 0 unspecified atom stereocenters. The second-order valence-corrected chi connectivity index (χ2v) is 6.40. The highest BCUT2D eigenvalue weighted by molar-refractivity contribution is 5.96. The molecule has 0 radical (unpaired) electrons. The highest BCUT2D eigenvalue weighted by Crippen LogP contribution is 2.27. The molecule has 4 heterocycles. The van der Waals surface area contributed by atoms with Gasteiger partial charge in [-0.2, -0.15) is 0 Å². The summed E-state index contributed by atoms with van der Waals surface area (Å²) in [5, 5.41) is 3.89. The Balaban J connectivity index is 1.59. The van der Waals surface area contributed by atoms with Gasteiger partial charge in [-0.25, -0.2) is 9.97 Å². The van der Waals surface area contributed by atoms with Crippen molar-refractivity contribution in [2.24, 2.45) is 0 Å². The summed E-state index contributed by atoms with van der Waals surface area (Å²) < 4.78 is 10.6. The predicted molar refractivity (Wildman–Crippen MR) is 89.5 cm³/mol. The fraction of sp³-hybridized carbons (Fsp3) is 0.529. The molecule has 0 aliphatic carbocycles. The average Bonchev–Trinajstić information content (AvgIpc) is 2.99. The number of carbonyl (C=O) groups excluding carboxylic acids is 1. The van der Waals surface area contributed by atoms with Crippen molar-refractivity contribution in [3.63, 3.8) is 0 Å². The van der Waals surface area contributed by atoms with Crippen molar-refractivity contribution in [1.29, 1.82) is 0 Å². The summed E-state index contributed by atoms with van der Waals surface area (Å²) in [7, 11) is 0. The molecule has 1 saturated heterocycles. The van der Waals surface area contributed by atoms with Gasteiger partial charge in [-0.05, 0) is 20.3 Å². The van der Waals surface area contributed by atoms with Crippen LogP contribution in [0, 0.1) is 13.8 Å². The number of carbonyl (C=O) groups is 1. The fourth-order valence-corrected chi connectivity index (χ4v) is 3.50. The predicted octanol–water partition coefficient (Wildman–Crippen LogP) is 1.12. The Morgan fingerprint density at radius 3 is 2.68 bits per heavy atom. The lowest BCUT2D eigenvalue weighted by Crippen LogP contribution is -2.40. The number of rotatable bonds is 2. The van der Waals surface area contributed by atoms with Gasteiger partial charge in [0.25, 0.3) is 5.91 Å². The minimum atomic E-state index is -0.0477. The SMILES string of the molecule is Cc1noc(C)c1C(=O)N1CCc2c(ncnc2N2CCOCC2)C1. The van der Waals surface area contributed by atoms with Crippen LogP contribution in [0.2, 0.25) is 0 Å². The number of aromatic nitrogens is 3. The topological polar surface area (TPSA) is 84.6 Å². The Morgan fingerprint density at radius 1 is 1.16 bits per heavy atom. The van der Waals surface area contributed by atoms with Gasteiger partial charge < -0.3 is 19.1 Å². The monoisotopic (exact) mass is 343 g/mol. The summed E-state index contributed by atoms with van der Waals surface area (Å²) in [5.74, 6) is 1.50. The zero-order valence-electron chi connectivity index (χ0n) is 14.5. The summed E-state index contributed by atoms with van der Waals surface area (Å²) in [6.07, 6.45) is 2.34. The van der Waals surface area contributed by atoms with Gasteiger partial charge in [0.05, 0.1) is 31.1 Å². The average molecular weight is 343 g/mol. The Hall–Kier alpha value is -2.48. The normalized spacial score (nSPS) is 17.5. The summed E-state index contributed by atoms with van der Waals surface area (Å²) in [6, 6.07) is 0. The van der Waals surface area contributed by atoms with E-state index >= 15 is 0 Å². The summed E-state index contributed by atoms with van der Waals surface area (Å²) in [5.41, 5.74) is 3.26. The number of hydrogen-bond donors (Lipinski definition) is 0. The Morgan fingerprint density at radius 2 is 1.96 bits per heavy atom. The molecule has 1 fully saturated rings. The third-order valence-electron chi connectivity index (χ3n) is 4.83. The summed E-state index contributed by atoms with van der Waals surface area (Å²) in [4.78, 5) is 25.8. The minimum absolute atomic E-state index is 0.0477. The van der Waals surface area contributed by atoms with Crippen molar-refractivity contribution < 1.29 is 14.1 Å². The third kappa shape index (κ3) is 2.86. The lowest BCUT2D eigenvalue weighted by Gasteiger charge is -2.33. The smallest absolute Gasteiger partial charge is 0.259 e. The molecule has 8 heteroatoms. The molecule has 2 aromatic rings. The zero-order chi connectivity index (χ0) is 17.4. The number of ether oxygens (including phenoxy) is 1. The second kappa shape index (κ2) is 6.44. The molecule has 0 atom stereocenters. The molecule has 25 heavy (non-hydrogen) atoms. The van der Waals surface area contributed by atoms with Crippen LogP contribution < -0.4 is 4.90 Å². The number of nitrogens with zero attached hydrogens (tertiary/aromatic N) is 5. The van der Waals surface area contributed by atoms with Gasteiger partial charge >= 0.3 is 0 Å². The number of morpholine rings is 1. The van der Waals surface area contributed by atoms with E-state index in [-0.39, 0.29) is 5.91 Å². The first kappa shape index (κ1) is 16.0. The fourth-order valence-electron chi connectivity index (χ4n) is 3.50. The molecule has 0 bridgehead atoms. The first-order valence-electron chi connectivity index (χ1n) is 8.52. The molecular formula is C17H21N5O3. The van der Waals surface area contributed by atoms with Gasteiger partial charge in [-0.1, -0.05) is 5.16 Å². The van der Waals surface area contributed by atoms with Crippen LogP contribution in [-0.2, 0) is 17.7 Å². The molecule has 2 aliphatic rings. The van der Waals surface area contributed by atoms with Gasteiger partial charge in [-0.3, -0.25) is 4.79 Å². The van der Waals surface area contributed by atoms with Crippen molar-refractivity contribution in [2.45, 2.75) is 26.8 Å². The van der Waals surface area contributed by atoms with E-state index in [1.54, 1.807) is 20.2 Å². The van der Waals surface area contributed by atoms with Crippen LogP contribution in [0.3, 0.4) is 0 Å². The molecule has 2 aliphatic heterocycles. The molecule has 2 aromatic heterocycles. The van der Waals surface area contributed by atoms with Crippen LogP contribution in [-0.4, -0.2) is 58.8 Å². The number of aryl methyl sites for hydroxylation is 2. The maximum atomic E-state index is 12.9. The largest absolute Gasteiger partial charge is 0.378 e. The van der Waals surface area contributed by atoms with Crippen LogP contribution in [0.5, 0.6) is 0 Å². The van der Waals surface area contributed by atoms with E-state index in [4.69, 9.17) is 9.26 Å². The van der Waals surface area contributed by atoms with Crippen molar-refractivity contribution in [3.8, 4) is 0 Å². The summed E-state index contributed by atoms with van der Waals surface area (Å²) in [6.45, 7) is 7.80. The van der Waals surface area contributed by atoms with Gasteiger partial charge in [0, 0.05) is 25.2 Å². The number of amides is 1. The lowest BCUT2D eigenvalue weighted by molar-refractivity contribution is 0.0729. The van der Waals surface area contributed by atoms with Crippen LogP contribution in [0.25, 0.3) is 0 Å². The molecule has 0 spiro atoms. The van der Waals surface area contributed by atoms with Gasteiger partial charge in [0.2, 0.25) is 0 Å². The van der Waals surface area contributed by atoms with Crippen LogP contribution in [0.15, 0.2) is 10.9 Å². The minimum Gasteiger partial charge on any atom is -0.378 e. The third-order valence-corrected chi connectivity index (χ3v) is 4.83. The molecule has 0 saturated carbocycles. The molecule has 0 N–H and O–H groups in total. The standard InChI is InChI=1S/C17H21N5O3/c1-11-15(12(2)25-20-11)17(23)22-4-3-13-14(9-22)18-10-19-16(13)21-5-7-24-8-6-21/h10H,3-9H2,1-2H3. The molecule has 4 rings (SSSR count). The van der Waals surface area contributed by atoms with Gasteiger partial charge in [0.15, 0.2) is 0 Å². The highest BCUT2D eigenvalue weighted by atomic mass is 16.5. The number of hydrogen-bond acceptors (Lipinski definition) is 7. The first-order valence-corrected chi connectivity index (χ1v) is 8.52. The Labute approximate surface area is 145 Å². The molecule has 8 nitrogen and oxygen atoms in total. The summed E-state index contributed by atoms with van der Waals surface area (Å²) >= 11 is 0. The van der Waals surface area contributed by atoms with Crippen molar-refractivity contribution >= 4 is 11.7 Å². The second-order valence-electron chi connectivity index (χ2n) is 6.40. The number of anilines is 1. The quantitative estimate of drug-likeness (QED) is 0.808. The Kier molecular flexibility index (Phi) is 4.12. The number of fused-ring (bicyclic) bond motifs is 1. The van der Waals surface area contributed by atoms with E-state index in [0.717, 1.165) is 49.8 Å². The lowest BCUT2D eigenvalue weighted by atomic mass is 10.0.